The Hall–Kier alpha value is -2.31. The van der Waals surface area contributed by atoms with E-state index in [1.54, 1.807) is 6.07 Å². The van der Waals surface area contributed by atoms with Crippen LogP contribution >= 0.6 is 0 Å². The Morgan fingerprint density at radius 1 is 1.47 bits per heavy atom. The number of likely N-dealkylation sites (N-methyl/N-ethyl adjacent to an activating group) is 1. The second-order valence-electron chi connectivity index (χ2n) is 3.20. The van der Waals surface area contributed by atoms with Crippen molar-refractivity contribution in [1.82, 2.24) is 5.32 Å². The molecule has 0 saturated carbocycles. The predicted molar refractivity (Wildman–Crippen MR) is 62.2 cm³/mol. The topological polar surface area (TPSA) is 93.5 Å². The summed E-state index contributed by atoms with van der Waals surface area (Å²) in [6, 6.07) is 4.23. The van der Waals surface area contributed by atoms with Crippen LogP contribution in [0.25, 0.3) is 0 Å². The largest absolute Gasteiger partial charge is 0.496 e. The molecule has 0 bridgehead atoms. The fourth-order valence-corrected chi connectivity index (χ4v) is 1.18. The number of benzene rings is 1. The molecule has 0 heterocycles. The number of ether oxygens (including phenoxy) is 1. The zero-order chi connectivity index (χ0) is 12.8. The molecule has 0 spiro atoms. The monoisotopic (exact) mass is 239 g/mol. The van der Waals surface area contributed by atoms with Crippen LogP contribution in [-0.4, -0.2) is 31.5 Å². The molecule has 0 saturated heterocycles. The fourth-order valence-electron chi connectivity index (χ4n) is 1.18. The van der Waals surface area contributed by atoms with Gasteiger partial charge in [-0.3, -0.25) is 14.9 Å². The molecule has 0 aliphatic rings. The van der Waals surface area contributed by atoms with Gasteiger partial charge in [0, 0.05) is 24.9 Å². The van der Waals surface area contributed by atoms with Crippen LogP contribution in [0, 0.1) is 10.1 Å². The molecule has 92 valence electrons. The van der Waals surface area contributed by atoms with Gasteiger partial charge in [-0.05, 0) is 0 Å². The van der Waals surface area contributed by atoms with Gasteiger partial charge in [-0.2, -0.15) is 0 Å². The van der Waals surface area contributed by atoms with E-state index in [9.17, 15) is 14.9 Å². The van der Waals surface area contributed by atoms with Crippen molar-refractivity contribution in [2.24, 2.45) is 0 Å². The molecule has 0 atom stereocenters. The van der Waals surface area contributed by atoms with Gasteiger partial charge in [-0.25, -0.2) is 0 Å². The summed E-state index contributed by atoms with van der Waals surface area (Å²) in [5.74, 6) is 0.147. The minimum Gasteiger partial charge on any atom is -0.496 e. The first kappa shape index (κ1) is 12.8. The van der Waals surface area contributed by atoms with Crippen LogP contribution in [-0.2, 0) is 4.79 Å². The van der Waals surface area contributed by atoms with Crippen molar-refractivity contribution >= 4 is 17.3 Å². The summed E-state index contributed by atoms with van der Waals surface area (Å²) in [7, 11) is 2.93. The van der Waals surface area contributed by atoms with E-state index in [1.807, 2.05) is 0 Å². The zero-order valence-corrected chi connectivity index (χ0v) is 9.52. The van der Waals surface area contributed by atoms with Crippen molar-refractivity contribution in [2.45, 2.75) is 0 Å². The first-order valence-corrected chi connectivity index (χ1v) is 4.84. The van der Waals surface area contributed by atoms with E-state index in [-0.39, 0.29) is 18.1 Å². The number of hydrogen-bond acceptors (Lipinski definition) is 5. The number of hydrogen-bond donors (Lipinski definition) is 2. The molecule has 7 heteroatoms. The summed E-state index contributed by atoms with van der Waals surface area (Å²) in [6.45, 7) is 0.0425. The molecule has 0 aliphatic heterocycles. The number of nitro benzene ring substituents is 1. The number of nitrogens with zero attached hydrogens (tertiary/aromatic N) is 1. The standard InChI is InChI=1S/C10H13N3O4/c1-11-10(14)6-12-7-3-8(13(15)16)5-9(4-7)17-2/h3-5,12H,6H2,1-2H3,(H,11,14). The lowest BCUT2D eigenvalue weighted by atomic mass is 10.2. The number of amides is 1. The third-order valence-electron chi connectivity index (χ3n) is 2.07. The zero-order valence-electron chi connectivity index (χ0n) is 9.52. The minimum atomic E-state index is -0.520. The highest BCUT2D eigenvalue weighted by atomic mass is 16.6. The Morgan fingerprint density at radius 3 is 2.71 bits per heavy atom. The van der Waals surface area contributed by atoms with E-state index in [4.69, 9.17) is 4.74 Å². The van der Waals surface area contributed by atoms with Crippen LogP contribution in [0.15, 0.2) is 18.2 Å². The van der Waals surface area contributed by atoms with Gasteiger partial charge in [0.15, 0.2) is 0 Å². The molecule has 0 aliphatic carbocycles. The molecule has 1 aromatic rings. The van der Waals surface area contributed by atoms with E-state index >= 15 is 0 Å². The molecule has 2 N–H and O–H groups in total. The molecule has 0 fully saturated rings. The van der Waals surface area contributed by atoms with Crippen LogP contribution in [0.2, 0.25) is 0 Å². The Balaban J connectivity index is 2.87. The van der Waals surface area contributed by atoms with Gasteiger partial charge in [-0.15, -0.1) is 0 Å². The maximum Gasteiger partial charge on any atom is 0.275 e. The molecular formula is C10H13N3O4. The van der Waals surface area contributed by atoms with Crippen LogP contribution in [0.3, 0.4) is 0 Å². The van der Waals surface area contributed by atoms with Crippen molar-refractivity contribution < 1.29 is 14.5 Å². The Labute approximate surface area is 97.9 Å². The van der Waals surface area contributed by atoms with Crippen LogP contribution in [0.4, 0.5) is 11.4 Å². The molecular weight excluding hydrogens is 226 g/mol. The van der Waals surface area contributed by atoms with Crippen LogP contribution < -0.4 is 15.4 Å². The van der Waals surface area contributed by atoms with Gasteiger partial charge < -0.3 is 15.4 Å². The second kappa shape index (κ2) is 5.69. The average Bonchev–Trinajstić information content (AvgIpc) is 2.35. The lowest BCUT2D eigenvalue weighted by molar-refractivity contribution is -0.384. The number of nitrogens with one attached hydrogen (secondary N) is 2. The van der Waals surface area contributed by atoms with Gasteiger partial charge in [0.1, 0.15) is 5.75 Å². The molecule has 0 aromatic heterocycles. The molecule has 1 rings (SSSR count). The fraction of sp³-hybridized carbons (Fsp3) is 0.300. The third-order valence-corrected chi connectivity index (χ3v) is 2.07. The first-order chi connectivity index (χ1) is 8.06. The lowest BCUT2D eigenvalue weighted by Gasteiger charge is -2.07. The summed E-state index contributed by atoms with van der Waals surface area (Å²) in [5, 5.41) is 15.9. The molecule has 1 amide bonds. The summed E-state index contributed by atoms with van der Waals surface area (Å²) in [6.07, 6.45) is 0. The van der Waals surface area contributed by atoms with E-state index < -0.39 is 4.92 Å². The SMILES string of the molecule is CNC(=O)CNc1cc(OC)cc([N+](=O)[O-])c1. The number of anilines is 1. The van der Waals surface area contributed by atoms with Crippen molar-refractivity contribution in [3.05, 3.63) is 28.3 Å². The van der Waals surface area contributed by atoms with E-state index in [0.717, 1.165) is 0 Å². The van der Waals surface area contributed by atoms with Gasteiger partial charge >= 0.3 is 0 Å². The number of nitro groups is 1. The minimum absolute atomic E-state index is 0.0425. The van der Waals surface area contributed by atoms with Crippen molar-refractivity contribution in [3.8, 4) is 5.75 Å². The van der Waals surface area contributed by atoms with E-state index in [1.165, 1.54) is 26.3 Å². The van der Waals surface area contributed by atoms with Crippen molar-refractivity contribution in [3.63, 3.8) is 0 Å². The lowest BCUT2D eigenvalue weighted by Crippen LogP contribution is -2.26. The molecule has 17 heavy (non-hydrogen) atoms. The number of methoxy groups -OCH3 is 1. The Kier molecular flexibility index (Phi) is 4.27. The van der Waals surface area contributed by atoms with Gasteiger partial charge in [0.05, 0.1) is 24.6 Å². The number of rotatable bonds is 5. The highest BCUT2D eigenvalue weighted by Crippen LogP contribution is 2.25. The van der Waals surface area contributed by atoms with Crippen molar-refractivity contribution in [2.75, 3.05) is 26.0 Å². The quantitative estimate of drug-likeness (QED) is 0.584. The number of non-ortho nitro benzene ring substituents is 1. The molecule has 7 nitrogen and oxygen atoms in total. The van der Waals surface area contributed by atoms with Gasteiger partial charge in [-0.1, -0.05) is 0 Å². The smallest absolute Gasteiger partial charge is 0.275 e. The summed E-state index contributed by atoms with van der Waals surface area (Å²) < 4.78 is 4.93. The second-order valence-corrected chi connectivity index (χ2v) is 3.20. The summed E-state index contributed by atoms with van der Waals surface area (Å²) in [5.41, 5.74) is 0.364. The van der Waals surface area contributed by atoms with Crippen LogP contribution in [0.5, 0.6) is 5.75 Å². The van der Waals surface area contributed by atoms with Gasteiger partial charge in [0.25, 0.3) is 5.69 Å². The van der Waals surface area contributed by atoms with Crippen LogP contribution in [0.1, 0.15) is 0 Å². The normalized spacial score (nSPS) is 9.53. The highest BCUT2D eigenvalue weighted by Gasteiger charge is 2.10. The Bertz CT molecular complexity index is 434. The number of carbonyl (C=O) groups excluding carboxylic acids is 1. The molecule has 0 unspecified atom stereocenters. The molecule has 1 aromatic carbocycles. The van der Waals surface area contributed by atoms with E-state index in [2.05, 4.69) is 10.6 Å². The first-order valence-electron chi connectivity index (χ1n) is 4.84. The maximum absolute atomic E-state index is 11.0. The number of carbonyl (C=O) groups is 1. The summed E-state index contributed by atoms with van der Waals surface area (Å²) in [4.78, 5) is 21.2. The van der Waals surface area contributed by atoms with Crippen molar-refractivity contribution in [1.29, 1.82) is 0 Å². The third kappa shape index (κ3) is 3.63. The maximum atomic E-state index is 11.0. The Morgan fingerprint density at radius 2 is 2.18 bits per heavy atom. The van der Waals surface area contributed by atoms with Gasteiger partial charge in [0.2, 0.25) is 5.91 Å². The van der Waals surface area contributed by atoms with E-state index in [0.29, 0.717) is 11.4 Å². The highest BCUT2D eigenvalue weighted by molar-refractivity contribution is 5.80. The average molecular weight is 239 g/mol. The predicted octanol–water partition coefficient (Wildman–Crippen LogP) is 0.761. The molecule has 0 radical (unpaired) electrons. The summed E-state index contributed by atoms with van der Waals surface area (Å²) >= 11 is 0.